The molecular formula is C18H25NO2. The first-order valence-corrected chi connectivity index (χ1v) is 7.57. The molecule has 21 heavy (non-hydrogen) atoms. The smallest absolute Gasteiger partial charge is 0.410 e. The first-order chi connectivity index (χ1) is 9.87. The zero-order valence-corrected chi connectivity index (χ0v) is 13.4. The average Bonchev–Trinajstić information content (AvgIpc) is 2.46. The van der Waals surface area contributed by atoms with E-state index in [1.165, 1.54) is 11.1 Å². The van der Waals surface area contributed by atoms with Gasteiger partial charge in [0.2, 0.25) is 0 Å². The molecule has 0 aromatic heterocycles. The molecule has 1 aliphatic carbocycles. The molecule has 1 aromatic carbocycles. The van der Waals surface area contributed by atoms with Gasteiger partial charge in [-0.05, 0) is 51.2 Å². The first kappa shape index (κ1) is 15.6. The van der Waals surface area contributed by atoms with Crippen LogP contribution < -0.4 is 0 Å². The molecule has 0 aliphatic heterocycles. The molecule has 0 N–H and O–H groups in total. The van der Waals surface area contributed by atoms with Gasteiger partial charge in [-0.1, -0.05) is 36.4 Å². The van der Waals surface area contributed by atoms with Crippen molar-refractivity contribution in [3.8, 4) is 0 Å². The molecule has 0 heterocycles. The fourth-order valence-corrected chi connectivity index (χ4v) is 2.59. The number of hydrogen-bond acceptors (Lipinski definition) is 2. The summed E-state index contributed by atoms with van der Waals surface area (Å²) < 4.78 is 5.46. The number of ether oxygens (including phenoxy) is 1. The van der Waals surface area contributed by atoms with Crippen molar-refractivity contribution in [1.29, 1.82) is 0 Å². The van der Waals surface area contributed by atoms with Crippen LogP contribution in [0.3, 0.4) is 0 Å². The minimum atomic E-state index is -0.446. The van der Waals surface area contributed by atoms with Crippen LogP contribution in [0.25, 0.3) is 5.57 Å². The maximum atomic E-state index is 12.2. The number of carbonyl (C=O) groups is 1. The summed E-state index contributed by atoms with van der Waals surface area (Å²) >= 11 is 0. The second kappa shape index (κ2) is 6.33. The van der Waals surface area contributed by atoms with E-state index in [9.17, 15) is 4.79 Å². The van der Waals surface area contributed by atoms with Crippen LogP contribution in [-0.4, -0.2) is 29.7 Å². The van der Waals surface area contributed by atoms with Crippen molar-refractivity contribution in [2.75, 3.05) is 7.05 Å². The third kappa shape index (κ3) is 4.35. The molecule has 2 rings (SSSR count). The summed E-state index contributed by atoms with van der Waals surface area (Å²) in [5, 5.41) is 0. The summed E-state index contributed by atoms with van der Waals surface area (Å²) in [4.78, 5) is 13.9. The van der Waals surface area contributed by atoms with Gasteiger partial charge < -0.3 is 9.64 Å². The summed E-state index contributed by atoms with van der Waals surface area (Å²) in [5.74, 6) is 0. The van der Waals surface area contributed by atoms with Gasteiger partial charge in [0.15, 0.2) is 0 Å². The van der Waals surface area contributed by atoms with E-state index in [-0.39, 0.29) is 12.1 Å². The van der Waals surface area contributed by atoms with Gasteiger partial charge in [0, 0.05) is 13.1 Å². The van der Waals surface area contributed by atoms with E-state index in [0.717, 1.165) is 19.3 Å². The number of rotatable bonds is 2. The zero-order valence-electron chi connectivity index (χ0n) is 13.4. The highest BCUT2D eigenvalue weighted by Gasteiger charge is 2.27. The summed E-state index contributed by atoms with van der Waals surface area (Å²) in [7, 11) is 1.84. The van der Waals surface area contributed by atoms with Crippen LogP contribution >= 0.6 is 0 Å². The maximum Gasteiger partial charge on any atom is 0.410 e. The van der Waals surface area contributed by atoms with E-state index < -0.39 is 5.60 Å². The van der Waals surface area contributed by atoms with Crippen molar-refractivity contribution in [3.63, 3.8) is 0 Å². The largest absolute Gasteiger partial charge is 0.444 e. The molecule has 1 aromatic rings. The Labute approximate surface area is 127 Å². The fraction of sp³-hybridized carbons (Fsp3) is 0.500. The third-order valence-corrected chi connectivity index (χ3v) is 3.72. The Morgan fingerprint density at radius 1 is 1.24 bits per heavy atom. The number of hydrogen-bond donors (Lipinski definition) is 0. The second-order valence-electron chi connectivity index (χ2n) is 6.62. The summed E-state index contributed by atoms with van der Waals surface area (Å²) in [6.07, 6.45) is 4.93. The van der Waals surface area contributed by atoms with Crippen LogP contribution in [0.15, 0.2) is 36.4 Å². The van der Waals surface area contributed by atoms with Gasteiger partial charge >= 0.3 is 6.09 Å². The Hall–Kier alpha value is -1.77. The van der Waals surface area contributed by atoms with Gasteiger partial charge in [-0.25, -0.2) is 4.79 Å². The molecule has 1 aliphatic rings. The molecule has 3 nitrogen and oxygen atoms in total. The molecule has 0 spiro atoms. The lowest BCUT2D eigenvalue weighted by Gasteiger charge is -2.33. The Bertz CT molecular complexity index is 514. The van der Waals surface area contributed by atoms with Crippen molar-refractivity contribution >= 4 is 11.7 Å². The van der Waals surface area contributed by atoms with E-state index >= 15 is 0 Å². The van der Waals surface area contributed by atoms with Crippen molar-refractivity contribution < 1.29 is 9.53 Å². The Morgan fingerprint density at radius 3 is 2.52 bits per heavy atom. The van der Waals surface area contributed by atoms with Crippen molar-refractivity contribution in [2.24, 2.45) is 0 Å². The highest BCUT2D eigenvalue weighted by atomic mass is 16.6. The highest BCUT2D eigenvalue weighted by Crippen LogP contribution is 2.29. The average molecular weight is 287 g/mol. The third-order valence-electron chi connectivity index (χ3n) is 3.72. The van der Waals surface area contributed by atoms with Crippen LogP contribution in [-0.2, 0) is 4.74 Å². The molecule has 1 amide bonds. The van der Waals surface area contributed by atoms with Gasteiger partial charge in [-0.3, -0.25) is 0 Å². The van der Waals surface area contributed by atoms with Crippen molar-refractivity contribution in [3.05, 3.63) is 42.0 Å². The predicted molar refractivity (Wildman–Crippen MR) is 86.1 cm³/mol. The maximum absolute atomic E-state index is 12.2. The SMILES string of the molecule is CN(C(=O)OC(C)(C)C)C1CCC=C(c2ccccc2)C1. The number of nitrogens with zero attached hydrogens (tertiary/aromatic N) is 1. The monoisotopic (exact) mass is 287 g/mol. The molecule has 0 bridgehead atoms. The lowest BCUT2D eigenvalue weighted by Crippen LogP contribution is -2.41. The number of allylic oxidation sites excluding steroid dienone is 1. The second-order valence-corrected chi connectivity index (χ2v) is 6.62. The highest BCUT2D eigenvalue weighted by molar-refractivity contribution is 5.71. The minimum absolute atomic E-state index is 0.208. The molecule has 0 fully saturated rings. The molecule has 1 atom stereocenters. The number of benzene rings is 1. The van der Waals surface area contributed by atoms with Crippen molar-refractivity contribution in [1.82, 2.24) is 4.90 Å². The van der Waals surface area contributed by atoms with Crippen LogP contribution in [0, 0.1) is 0 Å². The zero-order chi connectivity index (χ0) is 15.5. The Morgan fingerprint density at radius 2 is 1.90 bits per heavy atom. The van der Waals surface area contributed by atoms with E-state index in [4.69, 9.17) is 4.74 Å². The van der Waals surface area contributed by atoms with Crippen LogP contribution in [0.5, 0.6) is 0 Å². The van der Waals surface area contributed by atoms with Crippen LogP contribution in [0.1, 0.15) is 45.6 Å². The predicted octanol–water partition coefficient (Wildman–Crippen LogP) is 4.49. The van der Waals surface area contributed by atoms with E-state index in [1.807, 2.05) is 33.9 Å². The van der Waals surface area contributed by atoms with E-state index in [1.54, 1.807) is 4.90 Å². The molecule has 0 saturated heterocycles. The van der Waals surface area contributed by atoms with E-state index in [2.05, 4.69) is 30.3 Å². The molecule has 114 valence electrons. The van der Waals surface area contributed by atoms with Gasteiger partial charge in [0.05, 0.1) is 0 Å². The lowest BCUT2D eigenvalue weighted by molar-refractivity contribution is 0.0216. The van der Waals surface area contributed by atoms with Gasteiger partial charge in [-0.2, -0.15) is 0 Å². The summed E-state index contributed by atoms with van der Waals surface area (Å²) in [6.45, 7) is 5.69. The quantitative estimate of drug-likeness (QED) is 0.802. The summed E-state index contributed by atoms with van der Waals surface area (Å²) in [6, 6.07) is 10.6. The Balaban J connectivity index is 2.03. The van der Waals surface area contributed by atoms with Crippen LogP contribution in [0.4, 0.5) is 4.79 Å². The fourth-order valence-electron chi connectivity index (χ4n) is 2.59. The summed E-state index contributed by atoms with van der Waals surface area (Å²) in [5.41, 5.74) is 2.13. The van der Waals surface area contributed by atoms with Gasteiger partial charge in [-0.15, -0.1) is 0 Å². The molecule has 3 heteroatoms. The van der Waals surface area contributed by atoms with Gasteiger partial charge in [0.25, 0.3) is 0 Å². The van der Waals surface area contributed by atoms with Crippen LogP contribution in [0.2, 0.25) is 0 Å². The number of amides is 1. The normalized spacial score (nSPS) is 18.9. The number of carbonyl (C=O) groups excluding carboxylic acids is 1. The minimum Gasteiger partial charge on any atom is -0.444 e. The first-order valence-electron chi connectivity index (χ1n) is 7.57. The Kier molecular flexibility index (Phi) is 4.71. The molecule has 1 unspecified atom stereocenters. The van der Waals surface area contributed by atoms with Gasteiger partial charge in [0.1, 0.15) is 5.60 Å². The molecule has 0 saturated carbocycles. The topological polar surface area (TPSA) is 29.5 Å². The van der Waals surface area contributed by atoms with Crippen molar-refractivity contribution in [2.45, 2.75) is 51.7 Å². The molecular weight excluding hydrogens is 262 g/mol. The standard InChI is InChI=1S/C18H25NO2/c1-18(2,3)21-17(20)19(4)16-12-8-11-15(13-16)14-9-6-5-7-10-14/h5-7,9-11,16H,8,12-13H2,1-4H3. The lowest BCUT2D eigenvalue weighted by atomic mass is 9.89. The van der Waals surface area contributed by atoms with E-state index in [0.29, 0.717) is 0 Å². The molecule has 0 radical (unpaired) electrons.